The van der Waals surface area contributed by atoms with Crippen LogP contribution in [0.25, 0.3) is 0 Å². The van der Waals surface area contributed by atoms with Gasteiger partial charge in [0.05, 0.1) is 12.5 Å². The van der Waals surface area contributed by atoms with Gasteiger partial charge in [-0.25, -0.2) is 18.1 Å². The molecular formula is C10H18N4O2S. The van der Waals surface area contributed by atoms with E-state index < -0.39 is 10.0 Å². The molecule has 1 fully saturated rings. The van der Waals surface area contributed by atoms with Crippen molar-refractivity contribution in [2.75, 3.05) is 19.6 Å². The van der Waals surface area contributed by atoms with Crippen molar-refractivity contribution in [2.45, 2.75) is 18.4 Å². The lowest BCUT2D eigenvalue weighted by atomic mass is 9.88. The van der Waals surface area contributed by atoms with Gasteiger partial charge in [0.2, 0.25) is 0 Å². The molecule has 3 N–H and O–H groups in total. The van der Waals surface area contributed by atoms with Crippen molar-refractivity contribution in [1.29, 1.82) is 0 Å². The molecule has 7 heteroatoms. The highest BCUT2D eigenvalue weighted by Crippen LogP contribution is 2.18. The molecule has 0 amide bonds. The SMILES string of the molecule is CC1CCNCC1CNS(=O)(=O)c1cnc[nH]1. The lowest BCUT2D eigenvalue weighted by Crippen LogP contribution is -2.42. The van der Waals surface area contributed by atoms with E-state index in [4.69, 9.17) is 0 Å². The molecule has 2 rings (SSSR count). The van der Waals surface area contributed by atoms with E-state index in [0.29, 0.717) is 18.4 Å². The van der Waals surface area contributed by atoms with Crippen LogP contribution in [0.15, 0.2) is 17.6 Å². The van der Waals surface area contributed by atoms with Gasteiger partial charge >= 0.3 is 0 Å². The van der Waals surface area contributed by atoms with E-state index in [9.17, 15) is 8.42 Å². The van der Waals surface area contributed by atoms with Crippen molar-refractivity contribution in [1.82, 2.24) is 20.0 Å². The Morgan fingerprint density at radius 1 is 1.59 bits per heavy atom. The second-order valence-corrected chi connectivity index (χ2v) is 6.23. The monoisotopic (exact) mass is 258 g/mol. The fraction of sp³-hybridized carbons (Fsp3) is 0.700. The summed E-state index contributed by atoms with van der Waals surface area (Å²) in [5.41, 5.74) is 0. The van der Waals surface area contributed by atoms with Crippen molar-refractivity contribution in [3.63, 3.8) is 0 Å². The number of nitrogens with one attached hydrogen (secondary N) is 3. The topological polar surface area (TPSA) is 86.9 Å². The molecule has 2 heterocycles. The summed E-state index contributed by atoms with van der Waals surface area (Å²) in [6.45, 7) is 4.52. The second kappa shape index (κ2) is 5.16. The van der Waals surface area contributed by atoms with Gasteiger partial charge in [-0.1, -0.05) is 6.92 Å². The molecule has 2 atom stereocenters. The minimum absolute atomic E-state index is 0.119. The smallest absolute Gasteiger partial charge is 0.257 e. The molecule has 0 aliphatic carbocycles. The molecule has 0 bridgehead atoms. The minimum atomic E-state index is -3.44. The number of sulfonamides is 1. The number of H-pyrrole nitrogens is 1. The normalized spacial score (nSPS) is 25.9. The fourth-order valence-corrected chi connectivity index (χ4v) is 3.01. The van der Waals surface area contributed by atoms with Gasteiger partial charge in [0, 0.05) is 6.54 Å². The summed E-state index contributed by atoms with van der Waals surface area (Å²) in [5.74, 6) is 0.891. The molecule has 17 heavy (non-hydrogen) atoms. The van der Waals surface area contributed by atoms with Gasteiger partial charge in [0.1, 0.15) is 0 Å². The maximum atomic E-state index is 11.8. The van der Waals surface area contributed by atoms with Gasteiger partial charge in [-0.3, -0.25) is 0 Å². The summed E-state index contributed by atoms with van der Waals surface area (Å²) < 4.78 is 26.3. The third kappa shape index (κ3) is 3.05. The van der Waals surface area contributed by atoms with E-state index in [0.717, 1.165) is 19.5 Å². The molecule has 1 aromatic heterocycles. The predicted molar refractivity (Wildman–Crippen MR) is 63.9 cm³/mol. The van der Waals surface area contributed by atoms with Crippen LogP contribution in [0.2, 0.25) is 0 Å². The van der Waals surface area contributed by atoms with Gasteiger partial charge in [0.15, 0.2) is 5.03 Å². The van der Waals surface area contributed by atoms with Gasteiger partial charge < -0.3 is 10.3 Å². The number of hydrogen-bond acceptors (Lipinski definition) is 4. The van der Waals surface area contributed by atoms with Crippen LogP contribution < -0.4 is 10.0 Å². The quantitative estimate of drug-likeness (QED) is 0.706. The number of nitrogens with zero attached hydrogens (tertiary/aromatic N) is 1. The second-order valence-electron chi connectivity index (χ2n) is 4.50. The standard InChI is InChI=1S/C10H18N4O2S/c1-8-2-3-11-4-9(8)5-14-17(15,16)10-6-12-7-13-10/h6-9,11,14H,2-5H2,1H3,(H,12,13). The first-order valence-electron chi connectivity index (χ1n) is 5.78. The number of aromatic amines is 1. The fourth-order valence-electron chi connectivity index (χ4n) is 2.01. The van der Waals surface area contributed by atoms with Gasteiger partial charge in [0.25, 0.3) is 10.0 Å². The first-order chi connectivity index (χ1) is 8.09. The first kappa shape index (κ1) is 12.5. The van der Waals surface area contributed by atoms with Crippen LogP contribution in [0.4, 0.5) is 0 Å². The van der Waals surface area contributed by atoms with E-state index >= 15 is 0 Å². The van der Waals surface area contributed by atoms with Crippen molar-refractivity contribution >= 4 is 10.0 Å². The number of aromatic nitrogens is 2. The van der Waals surface area contributed by atoms with Gasteiger partial charge in [-0.15, -0.1) is 0 Å². The van der Waals surface area contributed by atoms with E-state index in [-0.39, 0.29) is 5.03 Å². The highest BCUT2D eigenvalue weighted by atomic mass is 32.2. The Morgan fingerprint density at radius 3 is 3.06 bits per heavy atom. The Kier molecular flexibility index (Phi) is 3.80. The van der Waals surface area contributed by atoms with Crippen LogP contribution in [0.1, 0.15) is 13.3 Å². The summed E-state index contributed by atoms with van der Waals surface area (Å²) in [7, 11) is -3.44. The molecule has 0 radical (unpaired) electrons. The largest absolute Gasteiger partial charge is 0.335 e. The highest BCUT2D eigenvalue weighted by Gasteiger charge is 2.23. The average Bonchev–Trinajstić information content (AvgIpc) is 2.82. The third-order valence-electron chi connectivity index (χ3n) is 3.29. The van der Waals surface area contributed by atoms with Crippen LogP contribution >= 0.6 is 0 Å². The highest BCUT2D eigenvalue weighted by molar-refractivity contribution is 7.89. The van der Waals surface area contributed by atoms with E-state index in [1.807, 2.05) is 0 Å². The van der Waals surface area contributed by atoms with Crippen LogP contribution in [-0.4, -0.2) is 38.0 Å². The molecule has 0 spiro atoms. The minimum Gasteiger partial charge on any atom is -0.335 e. The maximum absolute atomic E-state index is 11.8. The van der Waals surface area contributed by atoms with E-state index in [1.165, 1.54) is 12.5 Å². The third-order valence-corrected chi connectivity index (χ3v) is 4.63. The van der Waals surface area contributed by atoms with Gasteiger partial charge in [-0.2, -0.15) is 0 Å². The Morgan fingerprint density at radius 2 is 2.41 bits per heavy atom. The summed E-state index contributed by atoms with van der Waals surface area (Å²) in [6.07, 6.45) is 3.76. The van der Waals surface area contributed by atoms with Crippen LogP contribution in [0.5, 0.6) is 0 Å². The van der Waals surface area contributed by atoms with Crippen LogP contribution in [0, 0.1) is 11.8 Å². The van der Waals surface area contributed by atoms with E-state index in [1.54, 1.807) is 0 Å². The van der Waals surface area contributed by atoms with Crippen molar-refractivity contribution in [3.8, 4) is 0 Å². The molecule has 96 valence electrons. The molecule has 6 nitrogen and oxygen atoms in total. The molecule has 0 saturated carbocycles. The summed E-state index contributed by atoms with van der Waals surface area (Å²) in [5, 5.41) is 3.40. The zero-order valence-electron chi connectivity index (χ0n) is 9.81. The number of imidazole rings is 1. The van der Waals surface area contributed by atoms with Crippen molar-refractivity contribution in [3.05, 3.63) is 12.5 Å². The first-order valence-corrected chi connectivity index (χ1v) is 7.26. The summed E-state index contributed by atoms with van der Waals surface area (Å²) >= 11 is 0. The summed E-state index contributed by atoms with van der Waals surface area (Å²) in [4.78, 5) is 6.31. The maximum Gasteiger partial charge on any atom is 0.257 e. The Bertz CT molecular complexity index is 443. The van der Waals surface area contributed by atoms with Crippen molar-refractivity contribution in [2.24, 2.45) is 11.8 Å². The molecular weight excluding hydrogens is 240 g/mol. The molecule has 0 aromatic carbocycles. The Hall–Kier alpha value is -0.920. The van der Waals surface area contributed by atoms with Crippen molar-refractivity contribution < 1.29 is 8.42 Å². The lowest BCUT2D eigenvalue weighted by molar-refractivity contribution is 0.275. The Labute approximate surface area is 101 Å². The molecule has 1 aliphatic rings. The van der Waals surface area contributed by atoms with Crippen LogP contribution in [0.3, 0.4) is 0 Å². The molecule has 1 aromatic rings. The molecule has 1 saturated heterocycles. The number of piperidine rings is 1. The summed E-state index contributed by atoms with van der Waals surface area (Å²) in [6, 6.07) is 0. The number of hydrogen-bond donors (Lipinski definition) is 3. The average molecular weight is 258 g/mol. The lowest BCUT2D eigenvalue weighted by Gasteiger charge is -2.29. The van der Waals surface area contributed by atoms with Crippen LogP contribution in [-0.2, 0) is 10.0 Å². The zero-order valence-corrected chi connectivity index (χ0v) is 10.6. The molecule has 1 aliphatic heterocycles. The molecule has 2 unspecified atom stereocenters. The predicted octanol–water partition coefficient (Wildman–Crippen LogP) is -0.0664. The number of rotatable bonds is 4. The van der Waals surface area contributed by atoms with E-state index in [2.05, 4.69) is 26.9 Å². The Balaban J connectivity index is 1.93. The van der Waals surface area contributed by atoms with Gasteiger partial charge in [-0.05, 0) is 31.3 Å². The zero-order chi connectivity index (χ0) is 12.3.